The maximum Gasteiger partial charge on any atom is 0.107 e. The predicted molar refractivity (Wildman–Crippen MR) is 116 cm³/mol. The summed E-state index contributed by atoms with van der Waals surface area (Å²) in [4.78, 5) is 0. The van der Waals surface area contributed by atoms with Crippen LogP contribution in [-0.4, -0.2) is 9.78 Å². The molecule has 1 aromatic heterocycles. The smallest absolute Gasteiger partial charge is 0.107 e. The predicted octanol–water partition coefficient (Wildman–Crippen LogP) is 6.64. The molecule has 0 atom stereocenters. The van der Waals surface area contributed by atoms with Crippen LogP contribution in [0.2, 0.25) is 0 Å². The third-order valence-electron chi connectivity index (χ3n) is 4.72. The van der Waals surface area contributed by atoms with E-state index in [1.165, 1.54) is 16.7 Å². The number of nitrogens with zero attached hydrogens (tertiary/aromatic N) is 2. The average Bonchev–Trinajstić information content (AvgIpc) is 3.00. The van der Waals surface area contributed by atoms with Gasteiger partial charge in [0.15, 0.2) is 0 Å². The zero-order valence-corrected chi connectivity index (χ0v) is 17.1. The molecule has 0 aliphatic heterocycles. The van der Waals surface area contributed by atoms with Gasteiger partial charge in [-0.3, -0.25) is 4.68 Å². The van der Waals surface area contributed by atoms with Gasteiger partial charge in [0.25, 0.3) is 0 Å². The molecule has 0 N–H and O–H groups in total. The van der Waals surface area contributed by atoms with E-state index in [1.807, 2.05) is 6.07 Å². The topological polar surface area (TPSA) is 17.8 Å². The lowest BCUT2D eigenvalue weighted by atomic mass is 10.1. The second-order valence-electron chi connectivity index (χ2n) is 6.89. The quantitative estimate of drug-likeness (QED) is 0.364. The van der Waals surface area contributed by atoms with Crippen LogP contribution in [0.4, 0.5) is 0 Å². The van der Waals surface area contributed by atoms with Crippen molar-refractivity contribution in [3.8, 4) is 22.5 Å². The molecule has 2 nitrogen and oxygen atoms in total. The first-order valence-corrected chi connectivity index (χ1v) is 9.85. The van der Waals surface area contributed by atoms with E-state index in [2.05, 4.69) is 107 Å². The van der Waals surface area contributed by atoms with E-state index >= 15 is 0 Å². The number of rotatable bonds is 4. The Morgan fingerprint density at radius 3 is 1.89 bits per heavy atom. The van der Waals surface area contributed by atoms with Crippen LogP contribution in [-0.2, 0) is 6.54 Å². The van der Waals surface area contributed by atoms with Gasteiger partial charge >= 0.3 is 0 Å². The van der Waals surface area contributed by atoms with Crippen LogP contribution in [0, 0.1) is 13.8 Å². The van der Waals surface area contributed by atoms with Crippen molar-refractivity contribution >= 4 is 15.9 Å². The summed E-state index contributed by atoms with van der Waals surface area (Å²) in [5, 5.41) is 4.97. The van der Waals surface area contributed by atoms with Gasteiger partial charge in [-0.1, -0.05) is 90.0 Å². The molecule has 0 fully saturated rings. The summed E-state index contributed by atoms with van der Waals surface area (Å²) in [7, 11) is 0. The van der Waals surface area contributed by atoms with Gasteiger partial charge in [-0.05, 0) is 35.3 Å². The minimum Gasteiger partial charge on any atom is -0.259 e. The van der Waals surface area contributed by atoms with E-state index in [4.69, 9.17) is 5.10 Å². The Kier molecular flexibility index (Phi) is 4.95. The minimum absolute atomic E-state index is 0.731. The van der Waals surface area contributed by atoms with Crippen molar-refractivity contribution in [2.45, 2.75) is 20.4 Å². The fraction of sp³-hybridized carbons (Fsp3) is 0.125. The highest BCUT2D eigenvalue weighted by Crippen LogP contribution is 2.37. The standard InChI is InChI=1S/C24H21BrN2/c1-17-8-12-20(13-9-17)23-22(25)24(21-14-10-18(2)11-15-21)27(26-23)16-19-6-4-3-5-7-19/h3-15H,16H2,1-2H3. The van der Waals surface area contributed by atoms with Crippen molar-refractivity contribution in [3.05, 3.63) is 100 Å². The van der Waals surface area contributed by atoms with E-state index in [1.54, 1.807) is 0 Å². The molecule has 27 heavy (non-hydrogen) atoms. The Balaban J connectivity index is 1.86. The molecule has 0 aliphatic carbocycles. The van der Waals surface area contributed by atoms with Crippen LogP contribution in [0.5, 0.6) is 0 Å². The summed E-state index contributed by atoms with van der Waals surface area (Å²) in [6.07, 6.45) is 0. The number of hydrogen-bond acceptors (Lipinski definition) is 1. The van der Waals surface area contributed by atoms with Crippen LogP contribution in [0.25, 0.3) is 22.5 Å². The molecule has 0 saturated heterocycles. The zero-order valence-electron chi connectivity index (χ0n) is 15.5. The molecule has 134 valence electrons. The SMILES string of the molecule is Cc1ccc(-c2nn(Cc3ccccc3)c(-c3ccc(C)cc3)c2Br)cc1. The molecule has 0 bridgehead atoms. The number of aromatic nitrogens is 2. The summed E-state index contributed by atoms with van der Waals surface area (Å²) in [6, 6.07) is 27.6. The lowest BCUT2D eigenvalue weighted by Gasteiger charge is -2.09. The van der Waals surface area contributed by atoms with E-state index < -0.39 is 0 Å². The summed E-state index contributed by atoms with van der Waals surface area (Å²) < 4.78 is 3.13. The van der Waals surface area contributed by atoms with Crippen molar-refractivity contribution in [2.24, 2.45) is 0 Å². The Morgan fingerprint density at radius 1 is 0.741 bits per heavy atom. The number of halogens is 1. The lowest BCUT2D eigenvalue weighted by Crippen LogP contribution is -2.04. The van der Waals surface area contributed by atoms with E-state index in [-0.39, 0.29) is 0 Å². The van der Waals surface area contributed by atoms with E-state index in [0.29, 0.717) is 0 Å². The van der Waals surface area contributed by atoms with E-state index in [9.17, 15) is 0 Å². The Hall–Kier alpha value is -2.65. The van der Waals surface area contributed by atoms with Gasteiger partial charge in [0, 0.05) is 11.1 Å². The van der Waals surface area contributed by atoms with Gasteiger partial charge in [0.2, 0.25) is 0 Å². The van der Waals surface area contributed by atoms with Crippen molar-refractivity contribution < 1.29 is 0 Å². The third-order valence-corrected chi connectivity index (χ3v) is 5.47. The van der Waals surface area contributed by atoms with Crippen molar-refractivity contribution in [2.75, 3.05) is 0 Å². The first kappa shape index (κ1) is 17.7. The largest absolute Gasteiger partial charge is 0.259 e. The molecule has 1 heterocycles. The van der Waals surface area contributed by atoms with Gasteiger partial charge in [-0.2, -0.15) is 5.10 Å². The maximum absolute atomic E-state index is 4.97. The van der Waals surface area contributed by atoms with E-state index in [0.717, 1.165) is 33.5 Å². The van der Waals surface area contributed by atoms with Gasteiger partial charge < -0.3 is 0 Å². The van der Waals surface area contributed by atoms with Gasteiger partial charge in [-0.15, -0.1) is 0 Å². The molecule has 3 aromatic carbocycles. The number of hydrogen-bond donors (Lipinski definition) is 0. The fourth-order valence-corrected chi connectivity index (χ4v) is 3.94. The Labute approximate surface area is 168 Å². The molecule has 0 amide bonds. The highest BCUT2D eigenvalue weighted by molar-refractivity contribution is 9.10. The van der Waals surface area contributed by atoms with Gasteiger partial charge in [-0.25, -0.2) is 0 Å². The van der Waals surface area contributed by atoms with Crippen molar-refractivity contribution in [3.63, 3.8) is 0 Å². The second-order valence-corrected chi connectivity index (χ2v) is 7.68. The maximum atomic E-state index is 4.97. The highest BCUT2D eigenvalue weighted by atomic mass is 79.9. The first-order valence-electron chi connectivity index (χ1n) is 9.06. The summed E-state index contributed by atoms with van der Waals surface area (Å²) >= 11 is 3.84. The Morgan fingerprint density at radius 2 is 1.30 bits per heavy atom. The second kappa shape index (κ2) is 7.53. The molecular formula is C24H21BrN2. The minimum atomic E-state index is 0.731. The number of benzene rings is 3. The average molecular weight is 417 g/mol. The normalized spacial score (nSPS) is 10.9. The summed E-state index contributed by atoms with van der Waals surface area (Å²) in [5.74, 6) is 0. The van der Waals surface area contributed by atoms with Crippen LogP contribution >= 0.6 is 15.9 Å². The molecule has 0 spiro atoms. The summed E-state index contributed by atoms with van der Waals surface area (Å²) in [5.41, 5.74) is 8.09. The molecule has 4 rings (SSSR count). The van der Waals surface area contributed by atoms with Crippen molar-refractivity contribution in [1.29, 1.82) is 0 Å². The highest BCUT2D eigenvalue weighted by Gasteiger charge is 2.19. The lowest BCUT2D eigenvalue weighted by molar-refractivity contribution is 0.697. The molecule has 0 aliphatic rings. The van der Waals surface area contributed by atoms with Crippen LogP contribution < -0.4 is 0 Å². The first-order chi connectivity index (χ1) is 13.1. The summed E-state index contributed by atoms with van der Waals surface area (Å²) in [6.45, 7) is 4.94. The van der Waals surface area contributed by atoms with Crippen LogP contribution in [0.15, 0.2) is 83.3 Å². The van der Waals surface area contributed by atoms with Crippen molar-refractivity contribution in [1.82, 2.24) is 9.78 Å². The van der Waals surface area contributed by atoms with Crippen LogP contribution in [0.3, 0.4) is 0 Å². The van der Waals surface area contributed by atoms with Crippen LogP contribution in [0.1, 0.15) is 16.7 Å². The zero-order chi connectivity index (χ0) is 18.8. The number of aryl methyl sites for hydroxylation is 2. The molecule has 0 radical (unpaired) electrons. The Bertz CT molecular complexity index is 1050. The fourth-order valence-electron chi connectivity index (χ4n) is 3.19. The van der Waals surface area contributed by atoms with Gasteiger partial charge in [0.05, 0.1) is 16.7 Å². The van der Waals surface area contributed by atoms with Gasteiger partial charge in [0.1, 0.15) is 5.69 Å². The molecule has 3 heteroatoms. The molecule has 0 unspecified atom stereocenters. The molecule has 4 aromatic rings. The molecular weight excluding hydrogens is 396 g/mol. The third kappa shape index (κ3) is 3.74. The monoisotopic (exact) mass is 416 g/mol. The molecule has 0 saturated carbocycles.